The van der Waals surface area contributed by atoms with Crippen LogP contribution in [0.1, 0.15) is 6.92 Å². The van der Waals surface area contributed by atoms with E-state index in [4.69, 9.17) is 13.6 Å². The molecule has 42 heavy (non-hydrogen) atoms. The number of esters is 1. The average molecular weight is 551 g/mol. The molecule has 0 N–H and O–H groups in total. The molecular weight excluding hydrogens is 524 g/mol. The zero-order valence-corrected chi connectivity index (χ0v) is 22.8. The predicted molar refractivity (Wildman–Crippen MR) is 166 cm³/mol. The fraction of sp³-hybridized carbons (Fsp3) is 0.0278. The minimum atomic E-state index is -0.291. The van der Waals surface area contributed by atoms with Gasteiger partial charge in [-0.25, -0.2) is 9.97 Å². The van der Waals surface area contributed by atoms with E-state index in [1.807, 2.05) is 103 Å². The third-order valence-electron chi connectivity index (χ3n) is 6.51. The number of hydrogen-bond donors (Lipinski definition) is 0. The number of benzene rings is 6. The number of rotatable bonds is 2. The molecule has 2 aromatic heterocycles. The molecule has 204 valence electrons. The fourth-order valence-corrected chi connectivity index (χ4v) is 4.52. The predicted octanol–water partition coefficient (Wildman–Crippen LogP) is 9.24. The molecule has 2 heterocycles. The van der Waals surface area contributed by atoms with Crippen LogP contribution in [0.4, 0.5) is 0 Å². The number of oxazole rings is 2. The molecule has 0 spiro atoms. The normalized spacial score (nSPS) is 10.6. The SMILES string of the molecule is CC(=O)Oc1ccc2ccccc2c1.c1ccc2cc(-c3nc4ccccc4o3)ccc2c1.c1ccc2ocnc2c1. The van der Waals surface area contributed by atoms with E-state index in [1.54, 1.807) is 6.07 Å². The number of ether oxygens (including phenoxy) is 1. The lowest BCUT2D eigenvalue weighted by Gasteiger charge is -2.02. The Labute approximate surface area is 241 Å². The van der Waals surface area contributed by atoms with Crippen molar-refractivity contribution in [3.63, 3.8) is 0 Å². The van der Waals surface area contributed by atoms with Crippen molar-refractivity contribution < 1.29 is 18.4 Å². The van der Waals surface area contributed by atoms with Gasteiger partial charge in [0.1, 0.15) is 16.8 Å². The van der Waals surface area contributed by atoms with Crippen LogP contribution in [0.25, 0.3) is 55.2 Å². The van der Waals surface area contributed by atoms with Gasteiger partial charge in [0.2, 0.25) is 5.89 Å². The van der Waals surface area contributed by atoms with Crippen LogP contribution in [0.2, 0.25) is 0 Å². The van der Waals surface area contributed by atoms with Crippen molar-refractivity contribution in [3.8, 4) is 17.2 Å². The monoisotopic (exact) mass is 550 g/mol. The maximum atomic E-state index is 10.7. The highest BCUT2D eigenvalue weighted by Crippen LogP contribution is 2.27. The lowest BCUT2D eigenvalue weighted by Crippen LogP contribution is -2.00. The standard InChI is InChI=1S/C17H11NO.C12H10O2.C7H5NO/c1-2-6-13-11-14(10-9-12(13)5-1)17-18-15-7-3-4-8-16(15)19-17;1-9(13)14-12-7-6-10-4-2-3-5-11(10)8-12;1-2-4-7-6(3-1)8-5-9-7/h1-11H;2-8H,1H3;1-5H. The Kier molecular flexibility index (Phi) is 7.68. The minimum absolute atomic E-state index is 0.291. The molecule has 0 atom stereocenters. The summed E-state index contributed by atoms with van der Waals surface area (Å²) in [5, 5.41) is 4.64. The summed E-state index contributed by atoms with van der Waals surface area (Å²) >= 11 is 0. The first-order valence-corrected chi connectivity index (χ1v) is 13.4. The van der Waals surface area contributed by atoms with Gasteiger partial charge in [-0.05, 0) is 70.1 Å². The lowest BCUT2D eigenvalue weighted by atomic mass is 10.1. The van der Waals surface area contributed by atoms with Crippen LogP contribution in [-0.2, 0) is 4.79 Å². The molecule has 0 aliphatic heterocycles. The van der Waals surface area contributed by atoms with Gasteiger partial charge in [0.15, 0.2) is 17.6 Å². The van der Waals surface area contributed by atoms with Crippen molar-refractivity contribution >= 4 is 49.7 Å². The molecule has 6 heteroatoms. The number of carbonyl (C=O) groups is 1. The van der Waals surface area contributed by atoms with Crippen molar-refractivity contribution in [2.24, 2.45) is 0 Å². The summed E-state index contributed by atoms with van der Waals surface area (Å²) in [6.45, 7) is 1.40. The van der Waals surface area contributed by atoms with Crippen LogP contribution in [0.3, 0.4) is 0 Å². The van der Waals surface area contributed by atoms with Crippen molar-refractivity contribution in [1.82, 2.24) is 9.97 Å². The Balaban J connectivity index is 0.000000121. The zero-order valence-electron chi connectivity index (χ0n) is 22.8. The molecular formula is C36H26N2O4. The van der Waals surface area contributed by atoms with Crippen molar-refractivity contribution in [1.29, 1.82) is 0 Å². The van der Waals surface area contributed by atoms with Crippen LogP contribution in [0, 0.1) is 0 Å². The third kappa shape index (κ3) is 6.18. The van der Waals surface area contributed by atoms with Crippen LogP contribution < -0.4 is 4.74 Å². The Bertz CT molecular complexity index is 2060. The number of nitrogens with zero attached hydrogens (tertiary/aromatic N) is 2. The first-order valence-electron chi connectivity index (χ1n) is 13.4. The van der Waals surface area contributed by atoms with Gasteiger partial charge in [-0.2, -0.15) is 0 Å². The first-order chi connectivity index (χ1) is 20.6. The molecule has 6 nitrogen and oxygen atoms in total. The number of fused-ring (bicyclic) bond motifs is 4. The number of carbonyl (C=O) groups excluding carboxylic acids is 1. The molecule has 0 radical (unpaired) electrons. The topological polar surface area (TPSA) is 78.4 Å². The summed E-state index contributed by atoms with van der Waals surface area (Å²) in [6.07, 6.45) is 1.45. The van der Waals surface area contributed by atoms with E-state index in [0.29, 0.717) is 11.6 Å². The third-order valence-corrected chi connectivity index (χ3v) is 6.51. The average Bonchev–Trinajstić information content (AvgIpc) is 3.69. The number of hydrogen-bond acceptors (Lipinski definition) is 6. The van der Waals surface area contributed by atoms with Gasteiger partial charge in [-0.1, -0.05) is 84.9 Å². The maximum Gasteiger partial charge on any atom is 0.308 e. The van der Waals surface area contributed by atoms with Crippen molar-refractivity contribution in [3.05, 3.63) is 140 Å². The van der Waals surface area contributed by atoms with Gasteiger partial charge in [-0.3, -0.25) is 4.79 Å². The smallest absolute Gasteiger partial charge is 0.308 e. The highest BCUT2D eigenvalue weighted by atomic mass is 16.5. The van der Waals surface area contributed by atoms with Gasteiger partial charge in [0, 0.05) is 12.5 Å². The molecule has 0 fully saturated rings. The summed E-state index contributed by atoms with van der Waals surface area (Å²) < 4.78 is 15.8. The second-order valence-corrected chi connectivity index (χ2v) is 9.47. The zero-order chi connectivity index (χ0) is 28.7. The quantitative estimate of drug-likeness (QED) is 0.158. The second kappa shape index (κ2) is 12.2. The van der Waals surface area contributed by atoms with Gasteiger partial charge in [-0.15, -0.1) is 0 Å². The maximum absolute atomic E-state index is 10.7. The first kappa shape index (κ1) is 26.5. The Morgan fingerprint density at radius 2 is 1.21 bits per heavy atom. The van der Waals surface area contributed by atoms with E-state index in [9.17, 15) is 4.79 Å². The highest BCUT2D eigenvalue weighted by Gasteiger charge is 2.08. The van der Waals surface area contributed by atoms with E-state index in [0.717, 1.165) is 38.5 Å². The van der Waals surface area contributed by atoms with E-state index in [-0.39, 0.29) is 5.97 Å². The Hall–Kier alpha value is -5.75. The van der Waals surface area contributed by atoms with E-state index >= 15 is 0 Å². The Morgan fingerprint density at radius 1 is 0.619 bits per heavy atom. The molecule has 8 rings (SSSR count). The summed E-state index contributed by atoms with van der Waals surface area (Å²) in [5.41, 5.74) is 4.49. The Morgan fingerprint density at radius 3 is 1.90 bits per heavy atom. The van der Waals surface area contributed by atoms with E-state index < -0.39 is 0 Å². The molecule has 0 bridgehead atoms. The van der Waals surface area contributed by atoms with Gasteiger partial charge < -0.3 is 13.6 Å². The fourth-order valence-electron chi connectivity index (χ4n) is 4.52. The molecule has 0 aliphatic rings. The van der Waals surface area contributed by atoms with Gasteiger partial charge in [0.25, 0.3) is 0 Å². The summed E-state index contributed by atoms with van der Waals surface area (Å²) in [7, 11) is 0. The van der Waals surface area contributed by atoms with E-state index in [1.165, 1.54) is 24.1 Å². The largest absolute Gasteiger partial charge is 0.443 e. The summed E-state index contributed by atoms with van der Waals surface area (Å²) in [6, 6.07) is 43.6. The van der Waals surface area contributed by atoms with Crippen molar-refractivity contribution in [2.75, 3.05) is 0 Å². The number of aromatic nitrogens is 2. The van der Waals surface area contributed by atoms with Crippen LogP contribution >= 0.6 is 0 Å². The van der Waals surface area contributed by atoms with Gasteiger partial charge >= 0.3 is 5.97 Å². The van der Waals surface area contributed by atoms with Crippen LogP contribution in [-0.4, -0.2) is 15.9 Å². The molecule has 0 unspecified atom stereocenters. The molecule has 6 aromatic carbocycles. The van der Waals surface area contributed by atoms with Crippen LogP contribution in [0.5, 0.6) is 5.75 Å². The summed E-state index contributed by atoms with van der Waals surface area (Å²) in [4.78, 5) is 19.2. The van der Waals surface area contributed by atoms with Crippen molar-refractivity contribution in [2.45, 2.75) is 6.92 Å². The van der Waals surface area contributed by atoms with Gasteiger partial charge in [0.05, 0.1) is 0 Å². The molecule has 0 amide bonds. The minimum Gasteiger partial charge on any atom is -0.443 e. The lowest BCUT2D eigenvalue weighted by molar-refractivity contribution is -0.131. The second-order valence-electron chi connectivity index (χ2n) is 9.47. The number of para-hydroxylation sites is 4. The van der Waals surface area contributed by atoms with E-state index in [2.05, 4.69) is 34.2 Å². The molecule has 0 saturated heterocycles. The molecule has 8 aromatic rings. The highest BCUT2D eigenvalue weighted by molar-refractivity contribution is 5.87. The summed E-state index contributed by atoms with van der Waals surface area (Å²) in [5.74, 6) is 0.975. The molecule has 0 saturated carbocycles. The molecule has 0 aliphatic carbocycles. The van der Waals surface area contributed by atoms with Crippen LogP contribution in [0.15, 0.2) is 149 Å².